The number of halogens is 5. The lowest BCUT2D eigenvalue weighted by Gasteiger charge is -2.12. The monoisotopic (exact) mass is 342 g/mol. The Labute approximate surface area is 126 Å². The molecule has 1 heterocycles. The van der Waals surface area contributed by atoms with Crippen molar-refractivity contribution >= 4 is 40.9 Å². The Bertz CT molecular complexity index is 633. The second kappa shape index (κ2) is 5.34. The molecule has 0 saturated heterocycles. The van der Waals surface area contributed by atoms with Gasteiger partial charge in [0.2, 0.25) is 11.1 Å². The van der Waals surface area contributed by atoms with Crippen molar-refractivity contribution in [3.8, 4) is 5.69 Å². The van der Waals surface area contributed by atoms with Crippen LogP contribution in [0.2, 0.25) is 10.0 Å². The maximum absolute atomic E-state index is 12.6. The second-order valence-electron chi connectivity index (χ2n) is 3.65. The van der Waals surface area contributed by atoms with E-state index >= 15 is 0 Å². The summed E-state index contributed by atoms with van der Waals surface area (Å²) in [6.07, 6.45) is -2.81. The van der Waals surface area contributed by atoms with Gasteiger partial charge in [-0.25, -0.2) is 0 Å². The molecule has 0 aliphatic rings. The maximum atomic E-state index is 12.6. The van der Waals surface area contributed by atoms with Gasteiger partial charge in [-0.05, 0) is 18.4 Å². The van der Waals surface area contributed by atoms with Crippen molar-refractivity contribution in [3.63, 3.8) is 0 Å². The average molecular weight is 343 g/mol. The molecule has 0 bridgehead atoms. The van der Waals surface area contributed by atoms with Crippen LogP contribution in [0.1, 0.15) is 5.56 Å². The lowest BCUT2D eigenvalue weighted by molar-refractivity contribution is -0.137. The molecule has 20 heavy (non-hydrogen) atoms. The molecule has 0 unspecified atom stereocenters. The summed E-state index contributed by atoms with van der Waals surface area (Å²) in [5, 5.41) is 3.93. The van der Waals surface area contributed by atoms with E-state index in [1.54, 1.807) is 6.26 Å². The zero-order valence-electron chi connectivity index (χ0n) is 9.87. The van der Waals surface area contributed by atoms with Crippen LogP contribution >= 0.6 is 35.0 Å². The maximum Gasteiger partial charge on any atom is 0.416 e. The molecule has 108 valence electrons. The van der Waals surface area contributed by atoms with E-state index < -0.39 is 11.7 Å². The van der Waals surface area contributed by atoms with Crippen LogP contribution in [0.25, 0.3) is 5.69 Å². The van der Waals surface area contributed by atoms with Crippen molar-refractivity contribution in [3.05, 3.63) is 27.7 Å². The standard InChI is InChI=1S/C10H7Cl2F3N4S/c1-20-9-17-8(16)19(18-9)7-5(11)2-4(3-6(7)12)10(13,14)15/h2-3H,1H3,(H2,16,17,18). The Balaban J connectivity index is 2.61. The van der Waals surface area contributed by atoms with Gasteiger partial charge in [0, 0.05) is 0 Å². The van der Waals surface area contributed by atoms with E-state index in [1.807, 2.05) is 0 Å². The summed E-state index contributed by atoms with van der Waals surface area (Å²) in [6, 6.07) is 1.53. The first kappa shape index (κ1) is 15.3. The third-order valence-electron chi connectivity index (χ3n) is 2.35. The molecule has 0 fully saturated rings. The normalized spacial score (nSPS) is 11.9. The number of nitrogen functional groups attached to an aromatic ring is 1. The van der Waals surface area contributed by atoms with E-state index in [0.717, 1.165) is 16.8 Å². The lowest BCUT2D eigenvalue weighted by Crippen LogP contribution is -2.08. The Morgan fingerprint density at radius 1 is 1.25 bits per heavy atom. The van der Waals surface area contributed by atoms with Gasteiger partial charge in [-0.1, -0.05) is 35.0 Å². The second-order valence-corrected chi connectivity index (χ2v) is 5.24. The van der Waals surface area contributed by atoms with Gasteiger partial charge in [0.1, 0.15) is 5.69 Å². The zero-order valence-corrected chi connectivity index (χ0v) is 12.2. The fourth-order valence-corrected chi connectivity index (χ4v) is 2.48. The fourth-order valence-electron chi connectivity index (χ4n) is 1.49. The van der Waals surface area contributed by atoms with E-state index in [0.29, 0.717) is 5.16 Å². The molecule has 2 N–H and O–H groups in total. The highest BCUT2D eigenvalue weighted by Crippen LogP contribution is 2.38. The number of benzene rings is 1. The minimum atomic E-state index is -4.54. The number of thioether (sulfide) groups is 1. The molecule has 2 aromatic rings. The molecule has 0 aliphatic heterocycles. The molecular formula is C10H7Cl2F3N4S. The van der Waals surface area contributed by atoms with Crippen molar-refractivity contribution < 1.29 is 13.2 Å². The van der Waals surface area contributed by atoms with Crippen molar-refractivity contribution in [2.45, 2.75) is 11.3 Å². The smallest absolute Gasteiger partial charge is 0.368 e. The molecule has 0 saturated carbocycles. The minimum Gasteiger partial charge on any atom is -0.368 e. The summed E-state index contributed by atoms with van der Waals surface area (Å²) in [5.41, 5.74) is 4.76. The summed E-state index contributed by atoms with van der Waals surface area (Å²) in [6.45, 7) is 0. The molecule has 0 spiro atoms. The third-order valence-corrected chi connectivity index (χ3v) is 3.47. The van der Waals surface area contributed by atoms with Gasteiger partial charge in [0.05, 0.1) is 15.6 Å². The number of anilines is 1. The first-order valence-electron chi connectivity index (χ1n) is 5.07. The van der Waals surface area contributed by atoms with Crippen LogP contribution in [0.3, 0.4) is 0 Å². The van der Waals surface area contributed by atoms with Crippen LogP contribution < -0.4 is 5.73 Å². The lowest BCUT2D eigenvalue weighted by atomic mass is 10.2. The highest BCUT2D eigenvalue weighted by molar-refractivity contribution is 7.98. The fraction of sp³-hybridized carbons (Fsp3) is 0.200. The summed E-state index contributed by atoms with van der Waals surface area (Å²) >= 11 is 13.0. The van der Waals surface area contributed by atoms with Gasteiger partial charge in [-0.3, -0.25) is 0 Å². The topological polar surface area (TPSA) is 56.7 Å². The number of alkyl halides is 3. The number of nitrogens with two attached hydrogens (primary N) is 1. The molecule has 1 aromatic carbocycles. The summed E-state index contributed by atoms with van der Waals surface area (Å²) in [5.74, 6) is -0.0158. The largest absolute Gasteiger partial charge is 0.416 e. The molecule has 0 aliphatic carbocycles. The van der Waals surface area contributed by atoms with Gasteiger partial charge in [-0.2, -0.15) is 22.8 Å². The first-order chi connectivity index (χ1) is 9.24. The number of nitrogens with zero attached hydrogens (tertiary/aromatic N) is 3. The highest BCUT2D eigenvalue weighted by atomic mass is 35.5. The molecule has 1 aromatic heterocycles. The van der Waals surface area contributed by atoms with Crippen molar-refractivity contribution in [2.75, 3.05) is 12.0 Å². The van der Waals surface area contributed by atoms with Crippen molar-refractivity contribution in [2.24, 2.45) is 0 Å². The van der Waals surface area contributed by atoms with Gasteiger partial charge >= 0.3 is 6.18 Å². The quantitative estimate of drug-likeness (QED) is 0.841. The number of aromatic nitrogens is 3. The molecule has 2 rings (SSSR count). The van der Waals surface area contributed by atoms with Crippen LogP contribution in [-0.4, -0.2) is 21.0 Å². The van der Waals surface area contributed by atoms with Crippen LogP contribution in [0.15, 0.2) is 17.3 Å². The van der Waals surface area contributed by atoms with Gasteiger partial charge in [-0.15, -0.1) is 5.10 Å². The molecule has 4 nitrogen and oxygen atoms in total. The molecular weight excluding hydrogens is 336 g/mol. The minimum absolute atomic E-state index is 0.0158. The van der Waals surface area contributed by atoms with Crippen LogP contribution in [0, 0.1) is 0 Å². The number of hydrogen-bond acceptors (Lipinski definition) is 4. The molecule has 0 atom stereocenters. The van der Waals surface area contributed by atoms with Crippen LogP contribution in [0.5, 0.6) is 0 Å². The van der Waals surface area contributed by atoms with Gasteiger partial charge < -0.3 is 5.73 Å². The zero-order chi connectivity index (χ0) is 15.1. The van der Waals surface area contributed by atoms with E-state index in [-0.39, 0.29) is 21.7 Å². The highest BCUT2D eigenvalue weighted by Gasteiger charge is 2.32. The van der Waals surface area contributed by atoms with E-state index in [1.165, 1.54) is 11.8 Å². The van der Waals surface area contributed by atoms with Gasteiger partial charge in [0.15, 0.2) is 0 Å². The summed E-state index contributed by atoms with van der Waals surface area (Å²) < 4.78 is 39.0. The average Bonchev–Trinajstić information content (AvgIpc) is 2.69. The van der Waals surface area contributed by atoms with Gasteiger partial charge in [0.25, 0.3) is 0 Å². The number of rotatable bonds is 2. The summed E-state index contributed by atoms with van der Waals surface area (Å²) in [7, 11) is 0. The predicted molar refractivity (Wildman–Crippen MR) is 72.6 cm³/mol. The Morgan fingerprint density at radius 3 is 2.20 bits per heavy atom. The molecule has 0 amide bonds. The Morgan fingerprint density at radius 2 is 1.80 bits per heavy atom. The van der Waals surface area contributed by atoms with Crippen LogP contribution in [-0.2, 0) is 6.18 Å². The summed E-state index contributed by atoms with van der Waals surface area (Å²) in [4.78, 5) is 3.91. The van der Waals surface area contributed by atoms with E-state index in [9.17, 15) is 13.2 Å². The van der Waals surface area contributed by atoms with E-state index in [4.69, 9.17) is 28.9 Å². The Kier molecular flexibility index (Phi) is 4.08. The van der Waals surface area contributed by atoms with Crippen LogP contribution in [0.4, 0.5) is 19.1 Å². The Hall–Kier alpha value is -1.12. The molecule has 10 heteroatoms. The number of hydrogen-bond donors (Lipinski definition) is 1. The SMILES string of the molecule is CSc1nc(N)n(-c2c(Cl)cc(C(F)(F)F)cc2Cl)n1. The molecule has 0 radical (unpaired) electrons. The van der Waals surface area contributed by atoms with Crippen molar-refractivity contribution in [1.82, 2.24) is 14.8 Å². The van der Waals surface area contributed by atoms with Crippen molar-refractivity contribution in [1.29, 1.82) is 0 Å². The predicted octanol–water partition coefficient (Wildman–Crippen LogP) is 3.90. The third kappa shape index (κ3) is 2.82. The van der Waals surface area contributed by atoms with E-state index in [2.05, 4.69) is 10.1 Å². The first-order valence-corrected chi connectivity index (χ1v) is 7.05.